The van der Waals surface area contributed by atoms with Crippen molar-refractivity contribution < 1.29 is 4.84 Å². The zero-order valence-corrected chi connectivity index (χ0v) is 12.8. The molecule has 4 aromatic rings. The molecular weight excluding hydrogens is 314 g/mol. The van der Waals surface area contributed by atoms with Crippen LogP contribution in [-0.2, 0) is 6.61 Å². The lowest BCUT2D eigenvalue weighted by Gasteiger charge is -2.13. The maximum absolute atomic E-state index is 12.7. The van der Waals surface area contributed by atoms with E-state index in [1.807, 2.05) is 30.3 Å². The molecule has 0 spiro atoms. The van der Waals surface area contributed by atoms with Crippen molar-refractivity contribution >= 4 is 28.3 Å². The molecule has 3 aromatic heterocycles. The van der Waals surface area contributed by atoms with Gasteiger partial charge in [0, 0.05) is 6.20 Å². The van der Waals surface area contributed by atoms with E-state index in [0.29, 0.717) is 21.8 Å². The second kappa shape index (κ2) is 5.44. The number of aromatic nitrogens is 3. The van der Waals surface area contributed by atoms with Crippen molar-refractivity contribution in [2.24, 2.45) is 0 Å². The Morgan fingerprint density at radius 3 is 2.65 bits per heavy atom. The van der Waals surface area contributed by atoms with E-state index in [0.717, 1.165) is 5.56 Å². The molecule has 0 atom stereocenters. The van der Waals surface area contributed by atoms with Gasteiger partial charge >= 0.3 is 5.56 Å². The summed E-state index contributed by atoms with van der Waals surface area (Å²) < 4.78 is 2.91. The zero-order valence-electron chi connectivity index (χ0n) is 12.0. The molecule has 0 aliphatic carbocycles. The van der Waals surface area contributed by atoms with Gasteiger partial charge in [-0.05, 0) is 29.8 Å². The fourth-order valence-electron chi connectivity index (χ4n) is 2.57. The number of benzene rings is 1. The highest BCUT2D eigenvalue weighted by atomic mass is 35.5. The van der Waals surface area contributed by atoms with E-state index in [1.54, 1.807) is 34.9 Å². The first kappa shape index (κ1) is 13.8. The van der Waals surface area contributed by atoms with Crippen LogP contribution in [0.4, 0.5) is 0 Å². The molecule has 23 heavy (non-hydrogen) atoms. The van der Waals surface area contributed by atoms with Gasteiger partial charge in [0.1, 0.15) is 22.8 Å². The summed E-state index contributed by atoms with van der Waals surface area (Å²) in [5.41, 5.74) is 2.27. The Morgan fingerprint density at radius 1 is 1.00 bits per heavy atom. The zero-order chi connectivity index (χ0) is 15.8. The smallest absolute Gasteiger partial charge is 0.307 e. The SMILES string of the molecule is O=c1c2ccc(Cl)n2c2ncccc2n1OCc1ccccc1. The molecule has 1 aromatic carbocycles. The molecule has 4 rings (SSSR count). The van der Waals surface area contributed by atoms with Crippen molar-refractivity contribution in [3.8, 4) is 0 Å². The maximum atomic E-state index is 12.7. The van der Waals surface area contributed by atoms with E-state index in [2.05, 4.69) is 4.98 Å². The quantitative estimate of drug-likeness (QED) is 0.582. The first-order chi connectivity index (χ1) is 11.3. The third-order valence-corrected chi connectivity index (χ3v) is 3.93. The Hall–Kier alpha value is -2.79. The molecule has 0 fully saturated rings. The molecular formula is C17H12ClN3O2. The Kier molecular flexibility index (Phi) is 3.28. The average molecular weight is 326 g/mol. The minimum atomic E-state index is -0.270. The molecule has 0 aliphatic heterocycles. The lowest BCUT2D eigenvalue weighted by atomic mass is 10.2. The number of rotatable bonds is 3. The van der Waals surface area contributed by atoms with E-state index < -0.39 is 0 Å². The second-order valence-electron chi connectivity index (χ2n) is 5.08. The Balaban J connectivity index is 1.91. The molecule has 3 heterocycles. The maximum Gasteiger partial charge on any atom is 0.307 e. The lowest BCUT2D eigenvalue weighted by Crippen LogP contribution is -2.29. The molecule has 5 nitrogen and oxygen atoms in total. The summed E-state index contributed by atoms with van der Waals surface area (Å²) in [4.78, 5) is 22.8. The highest BCUT2D eigenvalue weighted by molar-refractivity contribution is 6.30. The molecule has 0 saturated heterocycles. The number of pyridine rings is 1. The summed E-state index contributed by atoms with van der Waals surface area (Å²) >= 11 is 6.18. The van der Waals surface area contributed by atoms with Gasteiger partial charge in [-0.1, -0.05) is 41.9 Å². The van der Waals surface area contributed by atoms with Crippen molar-refractivity contribution in [3.05, 3.63) is 81.9 Å². The van der Waals surface area contributed by atoms with Crippen LogP contribution in [-0.4, -0.2) is 14.1 Å². The van der Waals surface area contributed by atoms with Crippen molar-refractivity contribution in [1.82, 2.24) is 14.1 Å². The van der Waals surface area contributed by atoms with Crippen molar-refractivity contribution in [1.29, 1.82) is 0 Å². The average Bonchev–Trinajstić information content (AvgIpc) is 2.98. The standard InChI is InChI=1S/C17H12ClN3O2/c18-15-9-8-14-17(22)21(23-11-12-5-2-1-3-6-12)13-7-4-10-19-16(13)20(14)15/h1-10H,11H2. The Bertz CT molecular complexity index is 1050. The fraction of sp³-hybridized carbons (Fsp3) is 0.0588. The molecule has 0 bridgehead atoms. The number of nitrogens with zero attached hydrogens (tertiary/aromatic N) is 3. The summed E-state index contributed by atoms with van der Waals surface area (Å²) in [5.74, 6) is 0. The molecule has 0 unspecified atom stereocenters. The van der Waals surface area contributed by atoms with E-state index in [-0.39, 0.29) is 12.2 Å². The van der Waals surface area contributed by atoms with Crippen LogP contribution in [0.2, 0.25) is 5.15 Å². The molecule has 114 valence electrons. The van der Waals surface area contributed by atoms with Gasteiger partial charge in [-0.15, -0.1) is 4.73 Å². The number of hydrogen-bond donors (Lipinski definition) is 0. The Labute approximate surface area is 136 Å². The van der Waals surface area contributed by atoms with E-state index in [1.165, 1.54) is 4.73 Å². The van der Waals surface area contributed by atoms with Gasteiger partial charge in [-0.3, -0.25) is 9.20 Å². The topological polar surface area (TPSA) is 48.5 Å². The normalized spacial score (nSPS) is 11.2. The van der Waals surface area contributed by atoms with Crippen LogP contribution in [0.25, 0.3) is 16.7 Å². The number of fused-ring (bicyclic) bond motifs is 3. The van der Waals surface area contributed by atoms with Gasteiger partial charge < -0.3 is 4.84 Å². The van der Waals surface area contributed by atoms with Crippen LogP contribution < -0.4 is 10.4 Å². The predicted octanol–water partition coefficient (Wildman–Crippen LogP) is 2.93. The third-order valence-electron chi connectivity index (χ3n) is 3.64. The van der Waals surface area contributed by atoms with Crippen LogP contribution in [0, 0.1) is 0 Å². The highest BCUT2D eigenvalue weighted by Gasteiger charge is 2.14. The number of halogens is 1. The summed E-state index contributed by atoms with van der Waals surface area (Å²) in [6, 6.07) is 16.6. The lowest BCUT2D eigenvalue weighted by molar-refractivity contribution is 0.0997. The largest absolute Gasteiger partial charge is 0.405 e. The molecule has 0 amide bonds. The molecule has 0 saturated carbocycles. The fourth-order valence-corrected chi connectivity index (χ4v) is 2.80. The molecule has 0 N–H and O–H groups in total. The van der Waals surface area contributed by atoms with Crippen molar-refractivity contribution in [3.63, 3.8) is 0 Å². The third kappa shape index (κ3) is 2.26. The summed E-state index contributed by atoms with van der Waals surface area (Å²) in [6.07, 6.45) is 1.66. The van der Waals surface area contributed by atoms with Crippen LogP contribution in [0.3, 0.4) is 0 Å². The highest BCUT2D eigenvalue weighted by Crippen LogP contribution is 2.18. The van der Waals surface area contributed by atoms with Gasteiger partial charge in [-0.25, -0.2) is 4.98 Å². The van der Waals surface area contributed by atoms with Crippen LogP contribution in [0.5, 0.6) is 0 Å². The second-order valence-corrected chi connectivity index (χ2v) is 5.47. The van der Waals surface area contributed by atoms with Crippen LogP contribution >= 0.6 is 11.6 Å². The van der Waals surface area contributed by atoms with Crippen LogP contribution in [0.15, 0.2) is 65.6 Å². The molecule has 0 radical (unpaired) electrons. The first-order valence-corrected chi connectivity index (χ1v) is 7.47. The predicted molar refractivity (Wildman–Crippen MR) is 88.7 cm³/mol. The monoisotopic (exact) mass is 325 g/mol. The van der Waals surface area contributed by atoms with E-state index in [4.69, 9.17) is 16.4 Å². The molecule has 0 aliphatic rings. The minimum absolute atomic E-state index is 0.270. The Morgan fingerprint density at radius 2 is 1.83 bits per heavy atom. The van der Waals surface area contributed by atoms with Gasteiger partial charge in [-0.2, -0.15) is 0 Å². The van der Waals surface area contributed by atoms with Crippen LogP contribution in [0.1, 0.15) is 5.56 Å². The van der Waals surface area contributed by atoms with E-state index in [9.17, 15) is 4.79 Å². The van der Waals surface area contributed by atoms with Gasteiger partial charge in [0.2, 0.25) is 0 Å². The van der Waals surface area contributed by atoms with E-state index >= 15 is 0 Å². The summed E-state index contributed by atoms with van der Waals surface area (Å²) in [5, 5.41) is 0.441. The molecule has 6 heteroatoms. The van der Waals surface area contributed by atoms with Gasteiger partial charge in [0.05, 0.1) is 0 Å². The number of hydrogen-bond acceptors (Lipinski definition) is 3. The summed E-state index contributed by atoms with van der Waals surface area (Å²) in [6.45, 7) is 0.287. The van der Waals surface area contributed by atoms with Gasteiger partial charge in [0.15, 0.2) is 5.65 Å². The van der Waals surface area contributed by atoms with Gasteiger partial charge in [0.25, 0.3) is 0 Å². The summed E-state index contributed by atoms with van der Waals surface area (Å²) in [7, 11) is 0. The first-order valence-electron chi connectivity index (χ1n) is 7.09. The van der Waals surface area contributed by atoms with Crippen molar-refractivity contribution in [2.45, 2.75) is 6.61 Å². The van der Waals surface area contributed by atoms with Crippen molar-refractivity contribution in [2.75, 3.05) is 0 Å². The minimum Gasteiger partial charge on any atom is -0.405 e.